The van der Waals surface area contributed by atoms with E-state index in [0.29, 0.717) is 32.1 Å². The SMILES string of the molecule is CC(C)c1ccccc1[C@@H]1CN(Cc2ccc(F)cc2)CC(=O)N1C1CC2(CCN(C(=O)OC(C)(C)C)CC2)C1. The van der Waals surface area contributed by atoms with Gasteiger partial charge in [-0.15, -0.1) is 0 Å². The molecule has 0 aromatic heterocycles. The van der Waals surface area contributed by atoms with Crippen LogP contribution in [0.5, 0.6) is 0 Å². The van der Waals surface area contributed by atoms with E-state index in [9.17, 15) is 14.0 Å². The van der Waals surface area contributed by atoms with Gasteiger partial charge < -0.3 is 14.5 Å². The highest BCUT2D eigenvalue weighted by atomic mass is 19.1. The molecule has 40 heavy (non-hydrogen) atoms. The Morgan fingerprint density at radius 3 is 2.33 bits per heavy atom. The van der Waals surface area contributed by atoms with E-state index < -0.39 is 5.60 Å². The van der Waals surface area contributed by atoms with Gasteiger partial charge in [0.2, 0.25) is 5.91 Å². The molecule has 2 aromatic carbocycles. The normalized spacial score (nSPS) is 22.1. The Balaban J connectivity index is 1.31. The lowest BCUT2D eigenvalue weighted by Gasteiger charge is -2.58. The number of hydrogen-bond donors (Lipinski definition) is 0. The summed E-state index contributed by atoms with van der Waals surface area (Å²) in [6.07, 6.45) is 3.65. The Morgan fingerprint density at radius 1 is 1.05 bits per heavy atom. The fraction of sp³-hybridized carbons (Fsp3) is 0.576. The van der Waals surface area contributed by atoms with Crippen LogP contribution < -0.4 is 0 Å². The Morgan fingerprint density at radius 2 is 1.70 bits per heavy atom. The number of carbonyl (C=O) groups excluding carboxylic acids is 2. The zero-order valence-electron chi connectivity index (χ0n) is 24.7. The van der Waals surface area contributed by atoms with Crippen molar-refractivity contribution in [3.63, 3.8) is 0 Å². The van der Waals surface area contributed by atoms with Crippen LogP contribution in [-0.4, -0.2) is 64.5 Å². The second kappa shape index (κ2) is 11.2. The molecule has 2 aliphatic heterocycles. The van der Waals surface area contributed by atoms with Gasteiger partial charge in [-0.05, 0) is 86.6 Å². The molecule has 0 radical (unpaired) electrons. The molecule has 2 amide bonds. The summed E-state index contributed by atoms with van der Waals surface area (Å²) in [4.78, 5) is 32.7. The molecule has 5 rings (SSSR count). The molecular weight excluding hydrogens is 505 g/mol. The molecule has 1 spiro atoms. The highest BCUT2D eigenvalue weighted by Crippen LogP contribution is 2.53. The van der Waals surface area contributed by atoms with Crippen molar-refractivity contribution in [1.82, 2.24) is 14.7 Å². The number of benzene rings is 2. The zero-order valence-corrected chi connectivity index (χ0v) is 24.7. The van der Waals surface area contributed by atoms with Gasteiger partial charge in [-0.25, -0.2) is 9.18 Å². The number of piperazine rings is 1. The first kappa shape index (κ1) is 28.6. The molecule has 1 atom stereocenters. The fourth-order valence-corrected chi connectivity index (χ4v) is 6.89. The van der Waals surface area contributed by atoms with E-state index in [1.807, 2.05) is 37.8 Å². The lowest BCUT2D eigenvalue weighted by Crippen LogP contribution is -2.62. The Labute approximate surface area is 238 Å². The van der Waals surface area contributed by atoms with Gasteiger partial charge in [0.1, 0.15) is 11.4 Å². The summed E-state index contributed by atoms with van der Waals surface area (Å²) in [5, 5.41) is 0. The minimum atomic E-state index is -0.492. The Kier molecular flexibility index (Phi) is 7.97. The smallest absolute Gasteiger partial charge is 0.410 e. The summed E-state index contributed by atoms with van der Waals surface area (Å²) < 4.78 is 19.1. The van der Waals surface area contributed by atoms with Crippen LogP contribution in [0.15, 0.2) is 48.5 Å². The van der Waals surface area contributed by atoms with Crippen LogP contribution in [0.1, 0.15) is 89.0 Å². The van der Waals surface area contributed by atoms with E-state index in [0.717, 1.165) is 37.8 Å². The quantitative estimate of drug-likeness (QED) is 0.426. The molecule has 2 saturated heterocycles. The van der Waals surface area contributed by atoms with Crippen molar-refractivity contribution in [2.75, 3.05) is 26.2 Å². The number of amides is 2. The van der Waals surface area contributed by atoms with Crippen molar-refractivity contribution >= 4 is 12.0 Å². The monoisotopic (exact) mass is 549 g/mol. The van der Waals surface area contributed by atoms with Crippen LogP contribution in [0.3, 0.4) is 0 Å². The standard InChI is InChI=1S/C33H44FN3O3/c1-23(2)27-8-6-7-9-28(27)29-21-35(20-24-10-12-25(34)13-11-24)22-30(38)37(29)26-18-33(19-26)14-16-36(17-15-33)31(39)40-32(3,4)5/h6-13,23,26,29H,14-22H2,1-5H3/t29-/m0/s1. The minimum absolute atomic E-state index is 0.0236. The van der Waals surface area contributed by atoms with Crippen LogP contribution in [0.4, 0.5) is 9.18 Å². The highest BCUT2D eigenvalue weighted by Gasteiger charge is 2.52. The number of hydrogen-bond acceptors (Lipinski definition) is 4. The first-order chi connectivity index (χ1) is 18.9. The number of nitrogens with zero attached hydrogens (tertiary/aromatic N) is 3. The fourth-order valence-electron chi connectivity index (χ4n) is 6.89. The summed E-state index contributed by atoms with van der Waals surface area (Å²) in [5.74, 6) is 0.276. The summed E-state index contributed by atoms with van der Waals surface area (Å²) in [5.41, 5.74) is 3.23. The third-order valence-corrected chi connectivity index (χ3v) is 8.92. The van der Waals surface area contributed by atoms with Crippen LogP contribution in [0.2, 0.25) is 0 Å². The highest BCUT2D eigenvalue weighted by molar-refractivity contribution is 5.80. The van der Waals surface area contributed by atoms with Gasteiger partial charge in [0.25, 0.3) is 0 Å². The van der Waals surface area contributed by atoms with Crippen molar-refractivity contribution in [1.29, 1.82) is 0 Å². The maximum Gasteiger partial charge on any atom is 0.410 e. The molecule has 1 aliphatic carbocycles. The number of likely N-dealkylation sites (tertiary alicyclic amines) is 1. The van der Waals surface area contributed by atoms with Crippen LogP contribution >= 0.6 is 0 Å². The minimum Gasteiger partial charge on any atom is -0.444 e. The van der Waals surface area contributed by atoms with Crippen molar-refractivity contribution in [2.45, 2.75) is 90.4 Å². The van der Waals surface area contributed by atoms with E-state index in [1.54, 1.807) is 0 Å². The molecule has 1 saturated carbocycles. The molecule has 6 nitrogen and oxygen atoms in total. The molecule has 2 aromatic rings. The number of piperidine rings is 1. The summed E-state index contributed by atoms with van der Waals surface area (Å²) in [6.45, 7) is 13.3. The van der Waals surface area contributed by atoms with Crippen LogP contribution in [0, 0.1) is 11.2 Å². The summed E-state index contributed by atoms with van der Waals surface area (Å²) in [7, 11) is 0. The lowest BCUT2D eigenvalue weighted by atomic mass is 9.59. The second-order valence-electron chi connectivity index (χ2n) is 13.4. The molecule has 0 bridgehead atoms. The van der Waals surface area contributed by atoms with Gasteiger partial charge in [0.05, 0.1) is 12.6 Å². The summed E-state index contributed by atoms with van der Waals surface area (Å²) in [6, 6.07) is 15.3. The number of rotatable bonds is 5. The molecule has 7 heteroatoms. The molecule has 216 valence electrons. The van der Waals surface area contributed by atoms with Crippen LogP contribution in [-0.2, 0) is 16.1 Å². The first-order valence-electron chi connectivity index (χ1n) is 14.8. The Bertz CT molecular complexity index is 1210. The average Bonchev–Trinajstić information content (AvgIpc) is 2.87. The maximum atomic E-state index is 13.8. The topological polar surface area (TPSA) is 53.1 Å². The lowest BCUT2D eigenvalue weighted by molar-refractivity contribution is -0.153. The number of carbonyl (C=O) groups is 2. The van der Waals surface area contributed by atoms with E-state index in [4.69, 9.17) is 4.74 Å². The molecular formula is C33H44FN3O3. The van der Waals surface area contributed by atoms with Gasteiger partial charge in [-0.3, -0.25) is 9.69 Å². The van der Waals surface area contributed by atoms with Crippen molar-refractivity contribution in [2.24, 2.45) is 5.41 Å². The zero-order chi connectivity index (χ0) is 28.7. The van der Waals surface area contributed by atoms with Gasteiger partial charge in [-0.1, -0.05) is 50.2 Å². The second-order valence-corrected chi connectivity index (χ2v) is 13.4. The maximum absolute atomic E-state index is 13.8. The van der Waals surface area contributed by atoms with Gasteiger partial charge in [0.15, 0.2) is 0 Å². The van der Waals surface area contributed by atoms with Gasteiger partial charge in [-0.2, -0.15) is 0 Å². The molecule has 0 unspecified atom stereocenters. The molecule has 3 fully saturated rings. The number of ether oxygens (including phenoxy) is 1. The Hall–Kier alpha value is -2.93. The summed E-state index contributed by atoms with van der Waals surface area (Å²) >= 11 is 0. The van der Waals surface area contributed by atoms with Crippen molar-refractivity contribution in [3.8, 4) is 0 Å². The van der Waals surface area contributed by atoms with E-state index >= 15 is 0 Å². The van der Waals surface area contributed by atoms with E-state index in [2.05, 4.69) is 47.9 Å². The van der Waals surface area contributed by atoms with Gasteiger partial charge in [0, 0.05) is 32.2 Å². The molecule has 0 N–H and O–H groups in total. The predicted molar refractivity (Wildman–Crippen MR) is 154 cm³/mol. The van der Waals surface area contributed by atoms with Crippen molar-refractivity contribution < 1.29 is 18.7 Å². The first-order valence-corrected chi connectivity index (χ1v) is 14.8. The molecule has 2 heterocycles. The number of halogens is 1. The van der Waals surface area contributed by atoms with Crippen molar-refractivity contribution in [3.05, 3.63) is 71.0 Å². The average molecular weight is 550 g/mol. The van der Waals surface area contributed by atoms with Gasteiger partial charge >= 0.3 is 6.09 Å². The van der Waals surface area contributed by atoms with E-state index in [1.165, 1.54) is 23.3 Å². The van der Waals surface area contributed by atoms with E-state index in [-0.39, 0.29) is 35.3 Å². The predicted octanol–water partition coefficient (Wildman–Crippen LogP) is 6.51. The molecule has 3 aliphatic rings. The third-order valence-electron chi connectivity index (χ3n) is 8.92. The third kappa shape index (κ3) is 6.19. The largest absolute Gasteiger partial charge is 0.444 e. The van der Waals surface area contributed by atoms with Crippen LogP contribution in [0.25, 0.3) is 0 Å².